The van der Waals surface area contributed by atoms with Gasteiger partial charge in [-0.15, -0.1) is 0 Å². The number of hydrogen-bond donors (Lipinski definition) is 1. The number of nitrogens with zero attached hydrogens (tertiary/aromatic N) is 2. The van der Waals surface area contributed by atoms with Gasteiger partial charge in [-0.1, -0.05) is 51.1 Å². The Morgan fingerprint density at radius 3 is 2.67 bits per heavy atom. The normalized spacial score (nSPS) is 19.4. The van der Waals surface area contributed by atoms with E-state index in [9.17, 15) is 0 Å². The van der Waals surface area contributed by atoms with Gasteiger partial charge in [0.2, 0.25) is 0 Å². The number of hydrogen-bond acceptors (Lipinski definition) is 3. The molecule has 0 saturated carbocycles. The molecule has 1 aromatic carbocycles. The lowest BCUT2D eigenvalue weighted by Gasteiger charge is -2.29. The minimum atomic E-state index is 0.0778. The zero-order chi connectivity index (χ0) is 19.7. The summed E-state index contributed by atoms with van der Waals surface area (Å²) in [7, 11) is 1.77. The molecule has 152 valence electrons. The third-order valence-electron chi connectivity index (χ3n) is 5.04. The van der Waals surface area contributed by atoms with Crippen LogP contribution in [-0.2, 0) is 16.1 Å². The summed E-state index contributed by atoms with van der Waals surface area (Å²) in [6.07, 6.45) is 1.25. The predicted octanol–water partition coefficient (Wildman–Crippen LogP) is 3.55. The predicted molar refractivity (Wildman–Crippen MR) is 112 cm³/mol. The summed E-state index contributed by atoms with van der Waals surface area (Å²) in [5.41, 5.74) is 1.31. The number of likely N-dealkylation sites (tertiary alicyclic amines) is 1. The van der Waals surface area contributed by atoms with Gasteiger partial charge in [0, 0.05) is 32.7 Å². The van der Waals surface area contributed by atoms with Gasteiger partial charge in [-0.25, -0.2) is 0 Å². The lowest BCUT2D eigenvalue weighted by atomic mass is 9.89. The number of nitrogens with one attached hydrogen (secondary N) is 1. The van der Waals surface area contributed by atoms with Crippen LogP contribution in [0.25, 0.3) is 0 Å². The van der Waals surface area contributed by atoms with Crippen LogP contribution in [0.15, 0.2) is 35.3 Å². The molecule has 1 aromatic rings. The topological polar surface area (TPSA) is 46.1 Å². The van der Waals surface area contributed by atoms with E-state index in [1.54, 1.807) is 7.11 Å². The zero-order valence-corrected chi connectivity index (χ0v) is 17.7. The second kappa shape index (κ2) is 10.7. The van der Waals surface area contributed by atoms with Crippen molar-refractivity contribution in [2.45, 2.75) is 46.8 Å². The molecule has 2 rings (SSSR count). The second-order valence-electron chi connectivity index (χ2n) is 8.39. The smallest absolute Gasteiger partial charge is 0.194 e. The van der Waals surface area contributed by atoms with E-state index in [0.717, 1.165) is 38.6 Å². The first-order chi connectivity index (χ1) is 12.9. The Morgan fingerprint density at radius 1 is 1.30 bits per heavy atom. The minimum Gasteiger partial charge on any atom is -0.379 e. The van der Waals surface area contributed by atoms with Gasteiger partial charge in [-0.05, 0) is 24.3 Å². The summed E-state index contributed by atoms with van der Waals surface area (Å²) in [5, 5.41) is 3.44. The first kappa shape index (κ1) is 21.7. The van der Waals surface area contributed by atoms with Crippen molar-refractivity contribution in [2.24, 2.45) is 16.3 Å². The number of ether oxygens (including phenoxy) is 2. The summed E-state index contributed by atoms with van der Waals surface area (Å²) in [4.78, 5) is 7.22. The lowest BCUT2D eigenvalue weighted by Crippen LogP contribution is -2.41. The highest BCUT2D eigenvalue weighted by atomic mass is 16.5. The number of methoxy groups -OCH3 is 1. The van der Waals surface area contributed by atoms with Crippen molar-refractivity contribution in [2.75, 3.05) is 39.9 Å². The van der Waals surface area contributed by atoms with Crippen LogP contribution < -0.4 is 5.32 Å². The minimum absolute atomic E-state index is 0.0778. The Hall–Kier alpha value is -1.59. The van der Waals surface area contributed by atoms with Gasteiger partial charge >= 0.3 is 0 Å². The fourth-order valence-corrected chi connectivity index (χ4v) is 3.38. The van der Waals surface area contributed by atoms with E-state index in [1.807, 2.05) is 6.07 Å². The van der Waals surface area contributed by atoms with Crippen LogP contribution in [0, 0.1) is 11.3 Å². The number of guanidine groups is 1. The van der Waals surface area contributed by atoms with Crippen LogP contribution >= 0.6 is 0 Å². The van der Waals surface area contributed by atoms with Crippen LogP contribution in [0.5, 0.6) is 0 Å². The molecular formula is C22H37N3O2. The second-order valence-corrected chi connectivity index (χ2v) is 8.39. The monoisotopic (exact) mass is 375 g/mol. The van der Waals surface area contributed by atoms with Gasteiger partial charge in [-0.3, -0.25) is 4.99 Å². The highest BCUT2D eigenvalue weighted by molar-refractivity contribution is 5.80. The molecule has 1 aliphatic rings. The molecule has 0 radical (unpaired) electrons. The van der Waals surface area contributed by atoms with E-state index in [2.05, 4.69) is 62.2 Å². The molecule has 1 heterocycles. The maximum Gasteiger partial charge on any atom is 0.194 e. The molecule has 0 aromatic heterocycles. The van der Waals surface area contributed by atoms with Crippen LogP contribution in [0.3, 0.4) is 0 Å². The molecule has 2 atom stereocenters. The summed E-state index contributed by atoms with van der Waals surface area (Å²) >= 11 is 0. The fraction of sp³-hybridized carbons (Fsp3) is 0.682. The highest BCUT2D eigenvalue weighted by Crippen LogP contribution is 2.22. The van der Waals surface area contributed by atoms with Gasteiger partial charge < -0.3 is 19.7 Å². The summed E-state index contributed by atoms with van der Waals surface area (Å²) in [6, 6.07) is 10.4. The number of aliphatic imine (C=N–C) groups is 1. The third kappa shape index (κ3) is 7.15. The first-order valence-corrected chi connectivity index (χ1v) is 10.1. The standard InChI is InChI=1S/C22H37N3O2/c1-6-23-21(24-14-20(26-5)22(2,3)4)25-13-12-19(15-25)17-27-16-18-10-8-7-9-11-18/h7-11,19-20H,6,12-17H2,1-5H3,(H,23,24). The van der Waals surface area contributed by atoms with Crippen molar-refractivity contribution < 1.29 is 9.47 Å². The zero-order valence-electron chi connectivity index (χ0n) is 17.7. The molecule has 27 heavy (non-hydrogen) atoms. The van der Waals surface area contributed by atoms with E-state index in [4.69, 9.17) is 14.5 Å². The molecule has 2 unspecified atom stereocenters. The van der Waals surface area contributed by atoms with Crippen LogP contribution in [0.4, 0.5) is 0 Å². The first-order valence-electron chi connectivity index (χ1n) is 10.1. The fourth-order valence-electron chi connectivity index (χ4n) is 3.38. The Balaban J connectivity index is 1.84. The lowest BCUT2D eigenvalue weighted by molar-refractivity contribution is 0.0240. The van der Waals surface area contributed by atoms with Crippen molar-refractivity contribution in [3.63, 3.8) is 0 Å². The molecule has 0 amide bonds. The van der Waals surface area contributed by atoms with Gasteiger partial charge in [0.05, 0.1) is 25.9 Å². The molecule has 5 nitrogen and oxygen atoms in total. The van der Waals surface area contributed by atoms with Crippen LogP contribution in [0.2, 0.25) is 0 Å². The molecule has 1 saturated heterocycles. The maximum atomic E-state index is 5.95. The van der Waals surface area contributed by atoms with E-state index in [0.29, 0.717) is 19.1 Å². The molecule has 0 spiro atoms. The van der Waals surface area contributed by atoms with Crippen LogP contribution in [-0.4, -0.2) is 56.9 Å². The summed E-state index contributed by atoms with van der Waals surface area (Å²) in [5.74, 6) is 1.55. The molecule has 0 bridgehead atoms. The molecule has 1 aliphatic heterocycles. The SMILES string of the molecule is CCNC(=NCC(OC)C(C)(C)C)N1CCC(COCc2ccccc2)C1. The quantitative estimate of drug-likeness (QED) is 0.557. The van der Waals surface area contributed by atoms with Crippen molar-refractivity contribution >= 4 is 5.96 Å². The van der Waals surface area contributed by atoms with E-state index >= 15 is 0 Å². The van der Waals surface area contributed by atoms with E-state index in [1.165, 1.54) is 5.56 Å². The summed E-state index contributed by atoms with van der Waals surface area (Å²) in [6.45, 7) is 13.8. The molecule has 1 fully saturated rings. The average Bonchev–Trinajstić information content (AvgIpc) is 3.10. The molecule has 0 aliphatic carbocycles. The van der Waals surface area contributed by atoms with E-state index < -0.39 is 0 Å². The average molecular weight is 376 g/mol. The van der Waals surface area contributed by atoms with Gasteiger partial charge in [0.1, 0.15) is 0 Å². The van der Waals surface area contributed by atoms with Crippen molar-refractivity contribution in [1.29, 1.82) is 0 Å². The van der Waals surface area contributed by atoms with Crippen molar-refractivity contribution in [3.05, 3.63) is 35.9 Å². The summed E-state index contributed by atoms with van der Waals surface area (Å²) < 4.78 is 11.6. The Morgan fingerprint density at radius 2 is 2.04 bits per heavy atom. The van der Waals surface area contributed by atoms with Crippen molar-refractivity contribution in [1.82, 2.24) is 10.2 Å². The molecular weight excluding hydrogens is 338 g/mol. The Labute approximate surface area is 165 Å². The van der Waals surface area contributed by atoms with Crippen molar-refractivity contribution in [3.8, 4) is 0 Å². The van der Waals surface area contributed by atoms with Gasteiger partial charge in [0.15, 0.2) is 5.96 Å². The molecule has 1 N–H and O–H groups in total. The number of rotatable bonds is 8. The highest BCUT2D eigenvalue weighted by Gasteiger charge is 2.27. The third-order valence-corrected chi connectivity index (χ3v) is 5.04. The number of benzene rings is 1. The maximum absolute atomic E-state index is 5.95. The Bertz CT molecular complexity index is 569. The Kier molecular flexibility index (Phi) is 8.58. The van der Waals surface area contributed by atoms with Gasteiger partial charge in [0.25, 0.3) is 0 Å². The largest absolute Gasteiger partial charge is 0.379 e. The van der Waals surface area contributed by atoms with Crippen LogP contribution in [0.1, 0.15) is 39.7 Å². The van der Waals surface area contributed by atoms with E-state index in [-0.39, 0.29) is 11.5 Å². The molecule has 5 heteroatoms. The van der Waals surface area contributed by atoms with Gasteiger partial charge in [-0.2, -0.15) is 0 Å².